The Kier molecular flexibility index (Phi) is 17.1. The zero-order valence-electron chi connectivity index (χ0n) is 38.4. The van der Waals surface area contributed by atoms with Gasteiger partial charge in [-0.2, -0.15) is 0 Å². The zero-order valence-corrected chi connectivity index (χ0v) is 39.1. The summed E-state index contributed by atoms with van der Waals surface area (Å²) in [5.41, 5.74) is 6.12. The Labute approximate surface area is 397 Å². The minimum atomic E-state index is -0.861. The van der Waals surface area contributed by atoms with Crippen molar-refractivity contribution >= 4 is 81.2 Å². The first kappa shape index (κ1) is 50.8. The molecule has 6 N–H and O–H groups in total. The van der Waals surface area contributed by atoms with E-state index in [0.717, 1.165) is 23.8 Å². The molecule has 364 valence electrons. The summed E-state index contributed by atoms with van der Waals surface area (Å²) in [6.45, 7) is 5.80. The number of imide groups is 1. The van der Waals surface area contributed by atoms with E-state index in [1.165, 1.54) is 25.3 Å². The first-order valence-electron chi connectivity index (χ1n) is 23.0. The van der Waals surface area contributed by atoms with Gasteiger partial charge in [-0.3, -0.25) is 38.5 Å². The van der Waals surface area contributed by atoms with Crippen molar-refractivity contribution in [2.75, 3.05) is 36.4 Å². The van der Waals surface area contributed by atoms with E-state index in [2.05, 4.69) is 21.3 Å². The van der Waals surface area contributed by atoms with Gasteiger partial charge in [0.05, 0.1) is 39.3 Å². The highest BCUT2D eigenvalue weighted by atomic mass is 35.5. The highest BCUT2D eigenvalue weighted by Gasteiger charge is 2.33. The van der Waals surface area contributed by atoms with E-state index in [-0.39, 0.29) is 103 Å². The SMILES string of the molecule is CC(=O)c1cn(C2CC2)c2c(Cl)c(N3CCC(NC(=O)OCc4ccc(NC(=O)[C@H](CCCNC(N)=O)CC(=O)[C@@H](NC(=O)CCCCCN5C(=O)C=CC5=O)C(C)C)cc4)C3)c(F)cc2c1=O. The molecule has 1 unspecified atom stereocenters. The second-order valence-electron chi connectivity index (χ2n) is 17.9. The largest absolute Gasteiger partial charge is 0.445 e. The fourth-order valence-corrected chi connectivity index (χ4v) is 8.89. The minimum Gasteiger partial charge on any atom is -0.445 e. The molecule has 0 bridgehead atoms. The van der Waals surface area contributed by atoms with E-state index in [0.29, 0.717) is 55.4 Å². The zero-order chi connectivity index (χ0) is 49.2. The molecule has 3 aromatic rings. The summed E-state index contributed by atoms with van der Waals surface area (Å²) in [5, 5.41) is 11.1. The maximum absolute atomic E-state index is 15.7. The Morgan fingerprint density at radius 1 is 0.956 bits per heavy atom. The van der Waals surface area contributed by atoms with Gasteiger partial charge < -0.3 is 41.2 Å². The molecule has 18 nitrogen and oxygen atoms in total. The number of ether oxygens (including phenoxy) is 1. The third-order valence-corrected chi connectivity index (χ3v) is 12.6. The van der Waals surface area contributed by atoms with Crippen LogP contribution < -0.4 is 37.3 Å². The van der Waals surface area contributed by atoms with Gasteiger partial charge in [-0.1, -0.05) is 44.0 Å². The van der Waals surface area contributed by atoms with Crippen molar-refractivity contribution in [3.8, 4) is 0 Å². The van der Waals surface area contributed by atoms with Crippen LogP contribution in [0.4, 0.5) is 25.4 Å². The first-order valence-corrected chi connectivity index (χ1v) is 23.3. The molecule has 3 atom stereocenters. The van der Waals surface area contributed by atoms with Gasteiger partial charge in [-0.05, 0) is 81.5 Å². The van der Waals surface area contributed by atoms with Gasteiger partial charge in [-0.25, -0.2) is 14.0 Å². The van der Waals surface area contributed by atoms with Crippen LogP contribution in [-0.2, 0) is 35.3 Å². The van der Waals surface area contributed by atoms with Crippen LogP contribution in [0.25, 0.3) is 10.9 Å². The standard InChI is InChI=1S/C48H58ClFN8O10/c1-27(2)42(55-38(61)9-5-4-6-20-57-39(62)16-17-40(57)63)37(60)22-30(8-7-19-52-47(51)66)46(65)53-31-12-10-29(11-13-31)26-68-48(67)54-32-18-21-56(24-32)44-36(50)23-34-43(41(44)49)58(33-14-15-33)25-35(28(3)59)45(34)64/h10-13,16-17,23,25,27,30,32-33,42H,4-9,14-15,18-22,24,26H2,1-3H3,(H,53,65)(H,54,67)(H,55,61)(H3,51,52,66)/t30-,32?,42+/m1/s1. The summed E-state index contributed by atoms with van der Waals surface area (Å²) in [6, 6.07) is 5.76. The maximum Gasteiger partial charge on any atom is 0.407 e. The average Bonchev–Trinajstić information content (AvgIpc) is 3.96. The van der Waals surface area contributed by atoms with E-state index < -0.39 is 53.1 Å². The van der Waals surface area contributed by atoms with Crippen LogP contribution >= 0.6 is 11.6 Å². The molecular weight excluding hydrogens is 903 g/mol. The van der Waals surface area contributed by atoms with Crippen molar-refractivity contribution in [3.63, 3.8) is 0 Å². The molecule has 2 aliphatic heterocycles. The number of alkyl carbamates (subject to hydrolysis) is 1. The number of halogens is 2. The molecule has 1 aromatic heterocycles. The number of unbranched alkanes of at least 4 members (excludes halogenated alkanes) is 2. The van der Waals surface area contributed by atoms with Crippen LogP contribution in [0, 0.1) is 17.7 Å². The fourth-order valence-electron chi connectivity index (χ4n) is 8.48. The molecule has 2 aromatic carbocycles. The lowest BCUT2D eigenvalue weighted by atomic mass is 9.89. The van der Waals surface area contributed by atoms with Crippen molar-refractivity contribution < 1.29 is 47.5 Å². The molecule has 0 spiro atoms. The molecular formula is C48H58ClFN8O10. The second-order valence-corrected chi connectivity index (χ2v) is 18.3. The van der Waals surface area contributed by atoms with Gasteiger partial charge in [0.25, 0.3) is 11.8 Å². The van der Waals surface area contributed by atoms with Crippen molar-refractivity contribution in [2.24, 2.45) is 17.6 Å². The Balaban J connectivity index is 0.987. The number of amides is 7. The molecule has 1 aliphatic carbocycles. The number of nitrogens with two attached hydrogens (primary N) is 1. The number of ketones is 2. The van der Waals surface area contributed by atoms with Crippen molar-refractivity contribution in [3.05, 3.63) is 80.9 Å². The van der Waals surface area contributed by atoms with Crippen molar-refractivity contribution in [1.29, 1.82) is 0 Å². The molecule has 6 rings (SSSR count). The molecule has 68 heavy (non-hydrogen) atoms. The molecule has 20 heteroatoms. The van der Waals surface area contributed by atoms with Gasteiger partial charge in [0.1, 0.15) is 12.4 Å². The highest BCUT2D eigenvalue weighted by Crippen LogP contribution is 2.42. The topological polar surface area (TPSA) is 248 Å². The molecule has 0 radical (unpaired) electrons. The number of nitrogens with one attached hydrogen (secondary N) is 4. The predicted molar refractivity (Wildman–Crippen MR) is 251 cm³/mol. The predicted octanol–water partition coefficient (Wildman–Crippen LogP) is 5.43. The fraction of sp³-hybridized carbons (Fsp3) is 0.479. The van der Waals surface area contributed by atoms with Gasteiger partial charge in [0, 0.05) is 75.0 Å². The van der Waals surface area contributed by atoms with Crippen LogP contribution in [0.1, 0.15) is 107 Å². The number of Topliss-reactive ketones (excluding diaryl/α,β-unsaturated/α-hetero) is 2. The summed E-state index contributed by atoms with van der Waals surface area (Å²) < 4.78 is 23.0. The number of carbonyl (C=O) groups excluding carboxylic acids is 8. The second kappa shape index (κ2) is 22.9. The third kappa shape index (κ3) is 13.1. The number of urea groups is 1. The summed E-state index contributed by atoms with van der Waals surface area (Å²) in [7, 11) is 0. The van der Waals surface area contributed by atoms with Crippen LogP contribution in [0.3, 0.4) is 0 Å². The first-order chi connectivity index (χ1) is 32.4. The third-order valence-electron chi connectivity index (χ3n) is 12.3. The minimum absolute atomic E-state index is 0.0199. The molecule has 1 saturated carbocycles. The average molecular weight is 961 g/mol. The number of anilines is 2. The lowest BCUT2D eigenvalue weighted by Gasteiger charge is -2.24. The van der Waals surface area contributed by atoms with Gasteiger partial charge in [0.2, 0.25) is 11.8 Å². The Hall–Kier alpha value is -6.63. The van der Waals surface area contributed by atoms with E-state index in [9.17, 15) is 43.2 Å². The Morgan fingerprint density at radius 2 is 1.66 bits per heavy atom. The Bertz CT molecular complexity index is 2530. The van der Waals surface area contributed by atoms with Crippen LogP contribution in [0.15, 0.2) is 53.5 Å². The lowest BCUT2D eigenvalue weighted by molar-refractivity contribution is -0.137. The number of hydrogen-bond acceptors (Lipinski definition) is 11. The highest BCUT2D eigenvalue weighted by molar-refractivity contribution is 6.38. The van der Waals surface area contributed by atoms with E-state index in [1.54, 1.807) is 47.6 Å². The molecule has 3 aliphatic rings. The number of aromatic nitrogens is 1. The van der Waals surface area contributed by atoms with Crippen LogP contribution in [0.5, 0.6) is 0 Å². The lowest BCUT2D eigenvalue weighted by Crippen LogP contribution is -2.45. The number of fused-ring (bicyclic) bond motifs is 1. The molecule has 1 saturated heterocycles. The van der Waals surface area contributed by atoms with E-state index in [4.69, 9.17) is 22.1 Å². The monoisotopic (exact) mass is 960 g/mol. The van der Waals surface area contributed by atoms with E-state index >= 15 is 4.39 Å². The number of carbonyl (C=O) groups is 8. The summed E-state index contributed by atoms with van der Waals surface area (Å²) >= 11 is 6.84. The quantitative estimate of drug-likeness (QED) is 0.0456. The smallest absolute Gasteiger partial charge is 0.407 e. The summed E-state index contributed by atoms with van der Waals surface area (Å²) in [6.07, 6.45) is 7.52. The van der Waals surface area contributed by atoms with Crippen molar-refractivity contribution in [1.82, 2.24) is 25.4 Å². The number of rotatable bonds is 23. The maximum atomic E-state index is 15.7. The number of pyridine rings is 1. The number of hydrogen-bond donors (Lipinski definition) is 5. The summed E-state index contributed by atoms with van der Waals surface area (Å²) in [5.74, 6) is -4.05. The molecule has 7 amide bonds. The normalized spacial score (nSPS) is 16.5. The van der Waals surface area contributed by atoms with E-state index in [1.807, 2.05) is 0 Å². The number of primary amides is 1. The molecule has 2 fully saturated rings. The van der Waals surface area contributed by atoms with Crippen LogP contribution in [0.2, 0.25) is 5.02 Å². The van der Waals surface area contributed by atoms with Crippen molar-refractivity contribution in [2.45, 2.75) is 110 Å². The van der Waals surface area contributed by atoms with Crippen LogP contribution in [-0.4, -0.2) is 95.0 Å². The Morgan fingerprint density at radius 3 is 2.31 bits per heavy atom. The number of nitrogens with zero attached hydrogens (tertiary/aromatic N) is 3. The summed E-state index contributed by atoms with van der Waals surface area (Å²) in [4.78, 5) is 116. The van der Waals surface area contributed by atoms with Gasteiger partial charge in [-0.15, -0.1) is 0 Å². The number of benzene rings is 2. The molecule has 3 heterocycles. The van der Waals surface area contributed by atoms with Gasteiger partial charge in [0.15, 0.2) is 17.0 Å². The van der Waals surface area contributed by atoms with Gasteiger partial charge >= 0.3 is 12.1 Å².